The number of nitrogens with zero attached hydrogens (tertiary/aromatic N) is 4. The molecule has 0 bridgehead atoms. The van der Waals surface area contributed by atoms with Crippen molar-refractivity contribution in [2.45, 2.75) is 25.9 Å². The first-order chi connectivity index (χ1) is 14.6. The molecule has 0 saturated heterocycles. The highest BCUT2D eigenvalue weighted by molar-refractivity contribution is 6.40. The molecule has 0 unspecified atom stereocenters. The number of carbonyl (C=O) groups is 1. The van der Waals surface area contributed by atoms with Crippen LogP contribution in [0, 0.1) is 0 Å². The van der Waals surface area contributed by atoms with Crippen molar-refractivity contribution in [3.63, 3.8) is 0 Å². The Morgan fingerprint density at radius 3 is 2.57 bits per heavy atom. The van der Waals surface area contributed by atoms with Gasteiger partial charge in [-0.25, -0.2) is 4.99 Å². The van der Waals surface area contributed by atoms with Gasteiger partial charge in [0.2, 0.25) is 0 Å². The van der Waals surface area contributed by atoms with E-state index in [1.165, 1.54) is 5.56 Å². The minimum Gasteiger partial charge on any atom is -0.334 e. The van der Waals surface area contributed by atoms with Crippen molar-refractivity contribution in [3.05, 3.63) is 94.8 Å². The Bertz CT molecular complexity index is 1180. The fourth-order valence-electron chi connectivity index (χ4n) is 4.11. The third-order valence-corrected chi connectivity index (χ3v) is 5.96. The molecule has 148 valence electrons. The minimum absolute atomic E-state index is 0.0134. The van der Waals surface area contributed by atoms with E-state index < -0.39 is 0 Å². The molecular formula is C25H22N4O. The van der Waals surface area contributed by atoms with E-state index in [0.717, 1.165) is 33.7 Å². The third kappa shape index (κ3) is 3.12. The molecule has 0 aliphatic carbocycles. The van der Waals surface area contributed by atoms with Crippen molar-refractivity contribution in [2.75, 3.05) is 7.05 Å². The molecule has 0 spiro atoms. The zero-order valence-electron chi connectivity index (χ0n) is 17.0. The van der Waals surface area contributed by atoms with Crippen molar-refractivity contribution in [1.29, 1.82) is 0 Å². The molecule has 1 atom stereocenters. The van der Waals surface area contributed by atoms with Crippen molar-refractivity contribution in [3.8, 4) is 0 Å². The van der Waals surface area contributed by atoms with Crippen LogP contribution in [0.5, 0.6) is 0 Å². The van der Waals surface area contributed by atoms with Crippen LogP contribution in [0.3, 0.4) is 0 Å². The smallest absolute Gasteiger partial charge is 0.268 e. The Morgan fingerprint density at radius 2 is 1.80 bits per heavy atom. The van der Waals surface area contributed by atoms with Gasteiger partial charge in [0.05, 0.1) is 24.0 Å². The van der Waals surface area contributed by atoms with E-state index in [1.54, 1.807) is 17.3 Å². The summed E-state index contributed by atoms with van der Waals surface area (Å²) >= 11 is 0. The van der Waals surface area contributed by atoms with Gasteiger partial charge in [-0.05, 0) is 41.8 Å². The normalized spacial score (nSPS) is 15.1. The first-order valence-electron chi connectivity index (χ1n) is 10.1. The van der Waals surface area contributed by atoms with E-state index >= 15 is 0 Å². The maximum atomic E-state index is 13.1. The molecule has 2 aliphatic rings. The molecule has 3 aromatic rings. The van der Waals surface area contributed by atoms with Gasteiger partial charge in [-0.3, -0.25) is 14.8 Å². The van der Waals surface area contributed by atoms with Crippen molar-refractivity contribution < 1.29 is 4.79 Å². The lowest BCUT2D eigenvalue weighted by Crippen LogP contribution is -2.35. The summed E-state index contributed by atoms with van der Waals surface area (Å²) in [5.41, 5.74) is 8.01. The lowest BCUT2D eigenvalue weighted by Gasteiger charge is -2.25. The van der Waals surface area contributed by atoms with E-state index in [1.807, 2.05) is 56.4 Å². The van der Waals surface area contributed by atoms with Gasteiger partial charge >= 0.3 is 0 Å². The predicted octanol–water partition coefficient (Wildman–Crippen LogP) is 4.28. The zero-order chi connectivity index (χ0) is 20.7. The summed E-state index contributed by atoms with van der Waals surface area (Å²) in [7, 11) is 1.85. The van der Waals surface area contributed by atoms with E-state index in [-0.39, 0.29) is 11.9 Å². The SMILES string of the molecule is C[C@H](c1ccccc1)N(C)C(=O)C1=Nc2cc3c(cc2C1)CN=C3c1ccncc1. The monoisotopic (exact) mass is 394 g/mol. The Morgan fingerprint density at radius 1 is 1.03 bits per heavy atom. The topological polar surface area (TPSA) is 57.9 Å². The fraction of sp³-hybridized carbons (Fsp3) is 0.200. The van der Waals surface area contributed by atoms with Gasteiger partial charge < -0.3 is 4.90 Å². The second kappa shape index (κ2) is 7.34. The average Bonchev–Trinajstić information content (AvgIpc) is 3.40. The van der Waals surface area contributed by atoms with Crippen molar-refractivity contribution in [1.82, 2.24) is 9.88 Å². The largest absolute Gasteiger partial charge is 0.334 e. The van der Waals surface area contributed by atoms with Gasteiger partial charge in [-0.1, -0.05) is 36.4 Å². The van der Waals surface area contributed by atoms with Crippen LogP contribution in [-0.4, -0.2) is 34.3 Å². The Balaban J connectivity index is 1.41. The lowest BCUT2D eigenvalue weighted by molar-refractivity contribution is -0.124. The van der Waals surface area contributed by atoms with Gasteiger partial charge in [0.1, 0.15) is 5.71 Å². The fourth-order valence-corrected chi connectivity index (χ4v) is 4.11. The molecule has 2 aromatic carbocycles. The van der Waals surface area contributed by atoms with Gasteiger partial charge in [0.15, 0.2) is 0 Å². The number of rotatable bonds is 4. The summed E-state index contributed by atoms with van der Waals surface area (Å²) < 4.78 is 0. The summed E-state index contributed by atoms with van der Waals surface area (Å²) in [6.45, 7) is 2.70. The molecule has 30 heavy (non-hydrogen) atoms. The summed E-state index contributed by atoms with van der Waals surface area (Å²) in [6, 6.07) is 18.2. The minimum atomic E-state index is -0.0225. The molecule has 0 fully saturated rings. The van der Waals surface area contributed by atoms with Crippen LogP contribution < -0.4 is 0 Å². The summed E-state index contributed by atoms with van der Waals surface area (Å²) in [5, 5.41) is 0. The Labute approximate surface area is 175 Å². The number of fused-ring (bicyclic) bond motifs is 2. The molecule has 1 amide bonds. The van der Waals surface area contributed by atoms with Crippen LogP contribution in [0.15, 0.2) is 77.0 Å². The highest BCUT2D eigenvalue weighted by atomic mass is 16.2. The van der Waals surface area contributed by atoms with Crippen LogP contribution in [0.25, 0.3) is 0 Å². The lowest BCUT2D eigenvalue weighted by atomic mass is 9.97. The average molecular weight is 394 g/mol. The van der Waals surface area contributed by atoms with Crippen LogP contribution >= 0.6 is 0 Å². The summed E-state index contributed by atoms with van der Waals surface area (Å²) in [6.07, 6.45) is 4.13. The van der Waals surface area contributed by atoms with Gasteiger partial charge in [0, 0.05) is 37.0 Å². The Kier molecular flexibility index (Phi) is 4.51. The molecule has 0 saturated carbocycles. The molecular weight excluding hydrogens is 372 g/mol. The number of amides is 1. The van der Waals surface area contributed by atoms with E-state index in [0.29, 0.717) is 18.7 Å². The second-order valence-corrected chi connectivity index (χ2v) is 7.78. The maximum absolute atomic E-state index is 13.1. The standard InChI is InChI=1S/C25H22N4O/c1-16(17-6-4-3-5-7-17)29(2)25(30)23-13-19-12-20-15-27-24(18-8-10-26-11-9-18)21(20)14-22(19)28-23/h3-12,14,16H,13,15H2,1-2H3/t16-/m1/s1. The molecule has 5 rings (SSSR count). The van der Waals surface area contributed by atoms with Gasteiger partial charge in [0.25, 0.3) is 5.91 Å². The van der Waals surface area contributed by atoms with Gasteiger partial charge in [-0.15, -0.1) is 0 Å². The maximum Gasteiger partial charge on any atom is 0.268 e. The molecule has 3 heterocycles. The van der Waals surface area contributed by atoms with E-state index in [9.17, 15) is 4.79 Å². The number of hydrogen-bond acceptors (Lipinski definition) is 4. The number of benzene rings is 2. The third-order valence-electron chi connectivity index (χ3n) is 5.96. The van der Waals surface area contributed by atoms with Crippen LogP contribution in [0.4, 0.5) is 5.69 Å². The highest BCUT2D eigenvalue weighted by Gasteiger charge is 2.28. The van der Waals surface area contributed by atoms with Crippen LogP contribution in [-0.2, 0) is 17.8 Å². The molecule has 5 nitrogen and oxygen atoms in total. The first-order valence-corrected chi connectivity index (χ1v) is 10.1. The number of aromatic nitrogens is 1. The number of aliphatic imine (C=N–C) groups is 2. The second-order valence-electron chi connectivity index (χ2n) is 7.78. The van der Waals surface area contributed by atoms with E-state index in [2.05, 4.69) is 17.1 Å². The van der Waals surface area contributed by atoms with Crippen LogP contribution in [0.1, 0.15) is 40.8 Å². The molecule has 5 heteroatoms. The quantitative estimate of drug-likeness (QED) is 0.663. The van der Waals surface area contributed by atoms with Crippen LogP contribution in [0.2, 0.25) is 0 Å². The first kappa shape index (κ1) is 18.4. The zero-order valence-corrected chi connectivity index (χ0v) is 17.0. The number of hydrogen-bond donors (Lipinski definition) is 0. The molecule has 0 radical (unpaired) electrons. The van der Waals surface area contributed by atoms with Crippen molar-refractivity contribution >= 4 is 23.0 Å². The van der Waals surface area contributed by atoms with Gasteiger partial charge in [-0.2, -0.15) is 0 Å². The molecule has 2 aliphatic heterocycles. The molecule has 1 aromatic heterocycles. The summed E-state index contributed by atoms with van der Waals surface area (Å²) in [4.78, 5) is 28.4. The number of pyridine rings is 1. The van der Waals surface area contributed by atoms with Crippen molar-refractivity contribution in [2.24, 2.45) is 9.98 Å². The summed E-state index contributed by atoms with van der Waals surface area (Å²) in [5.74, 6) is -0.0225. The highest BCUT2D eigenvalue weighted by Crippen LogP contribution is 2.35. The van der Waals surface area contributed by atoms with E-state index in [4.69, 9.17) is 9.98 Å². The number of carbonyl (C=O) groups excluding carboxylic acids is 1. The predicted molar refractivity (Wildman–Crippen MR) is 118 cm³/mol. The Hall–Kier alpha value is -3.60. The molecule has 0 N–H and O–H groups in total.